The van der Waals surface area contributed by atoms with Gasteiger partial charge in [0.05, 0.1) is 19.3 Å². The summed E-state index contributed by atoms with van der Waals surface area (Å²) in [5.41, 5.74) is 0.772. The molecular weight excluding hydrogens is 210 g/mol. The van der Waals surface area contributed by atoms with E-state index in [-0.39, 0.29) is 30.6 Å². The van der Waals surface area contributed by atoms with Crippen molar-refractivity contribution < 1.29 is 18.7 Å². The Balaban J connectivity index is 2.31. The Morgan fingerprint density at radius 3 is 2.81 bits per heavy atom. The molecule has 88 valence electrons. The molecule has 0 saturated carbocycles. The number of aryl methyl sites for hydroxylation is 1. The fourth-order valence-electron chi connectivity index (χ4n) is 1.20. The van der Waals surface area contributed by atoms with Gasteiger partial charge in [0.2, 0.25) is 0 Å². The highest BCUT2D eigenvalue weighted by molar-refractivity contribution is 5.92. The zero-order valence-electron chi connectivity index (χ0n) is 9.41. The lowest BCUT2D eigenvalue weighted by Gasteiger charge is -2.03. The molecule has 1 N–H and O–H groups in total. The average molecular weight is 225 g/mol. The van der Waals surface area contributed by atoms with Gasteiger partial charge in [-0.25, -0.2) is 0 Å². The van der Waals surface area contributed by atoms with Crippen LogP contribution in [0.3, 0.4) is 0 Å². The first-order chi connectivity index (χ1) is 7.65. The molecule has 16 heavy (non-hydrogen) atoms. The third-order valence-corrected chi connectivity index (χ3v) is 1.99. The first-order valence-electron chi connectivity index (χ1n) is 5.13. The van der Waals surface area contributed by atoms with E-state index in [0.717, 1.165) is 5.56 Å². The van der Waals surface area contributed by atoms with Crippen molar-refractivity contribution in [3.05, 3.63) is 23.7 Å². The van der Waals surface area contributed by atoms with Gasteiger partial charge in [-0.05, 0) is 19.9 Å². The Bertz CT molecular complexity index is 370. The second kappa shape index (κ2) is 5.95. The summed E-state index contributed by atoms with van der Waals surface area (Å²) >= 11 is 0. The molecule has 5 nitrogen and oxygen atoms in total. The molecule has 1 aromatic rings. The van der Waals surface area contributed by atoms with E-state index in [9.17, 15) is 9.59 Å². The van der Waals surface area contributed by atoms with E-state index < -0.39 is 0 Å². The molecule has 1 heterocycles. The van der Waals surface area contributed by atoms with Crippen molar-refractivity contribution in [3.63, 3.8) is 0 Å². The highest BCUT2D eigenvalue weighted by Gasteiger charge is 2.12. The average Bonchev–Trinajstić information content (AvgIpc) is 2.64. The highest BCUT2D eigenvalue weighted by Crippen LogP contribution is 2.07. The van der Waals surface area contributed by atoms with E-state index in [1.54, 1.807) is 19.9 Å². The van der Waals surface area contributed by atoms with Crippen molar-refractivity contribution in [2.45, 2.75) is 20.3 Å². The molecule has 0 aliphatic heterocycles. The van der Waals surface area contributed by atoms with Gasteiger partial charge in [0.25, 0.3) is 5.91 Å². The fourth-order valence-corrected chi connectivity index (χ4v) is 1.20. The standard InChI is InChI=1S/C11H15NO4/c1-3-15-9(13)4-6-12-11(14)10-8(2)5-7-16-10/h5,7H,3-4,6H2,1-2H3,(H,12,14). The monoisotopic (exact) mass is 225 g/mol. The summed E-state index contributed by atoms with van der Waals surface area (Å²) in [7, 11) is 0. The van der Waals surface area contributed by atoms with Crippen LogP contribution in [0.1, 0.15) is 29.5 Å². The number of esters is 1. The largest absolute Gasteiger partial charge is 0.466 e. The smallest absolute Gasteiger partial charge is 0.307 e. The van der Waals surface area contributed by atoms with Crippen molar-refractivity contribution in [3.8, 4) is 0 Å². The topological polar surface area (TPSA) is 68.5 Å². The molecule has 0 atom stereocenters. The van der Waals surface area contributed by atoms with Gasteiger partial charge in [-0.1, -0.05) is 0 Å². The van der Waals surface area contributed by atoms with E-state index in [4.69, 9.17) is 9.15 Å². The molecule has 0 unspecified atom stereocenters. The van der Waals surface area contributed by atoms with E-state index in [2.05, 4.69) is 5.32 Å². The Labute approximate surface area is 93.8 Å². The van der Waals surface area contributed by atoms with E-state index >= 15 is 0 Å². The molecule has 5 heteroatoms. The number of ether oxygens (including phenoxy) is 1. The molecule has 0 saturated heterocycles. The summed E-state index contributed by atoms with van der Waals surface area (Å²) in [4.78, 5) is 22.5. The SMILES string of the molecule is CCOC(=O)CCNC(=O)c1occc1C. The minimum Gasteiger partial charge on any atom is -0.466 e. The molecule has 1 aromatic heterocycles. The number of hydrogen-bond donors (Lipinski definition) is 1. The van der Waals surface area contributed by atoms with E-state index in [0.29, 0.717) is 6.61 Å². The molecule has 1 amide bonds. The van der Waals surface area contributed by atoms with Crippen LogP contribution < -0.4 is 5.32 Å². The van der Waals surface area contributed by atoms with Crippen molar-refractivity contribution in [2.24, 2.45) is 0 Å². The third-order valence-electron chi connectivity index (χ3n) is 1.99. The lowest BCUT2D eigenvalue weighted by molar-refractivity contribution is -0.142. The second-order valence-electron chi connectivity index (χ2n) is 3.24. The first-order valence-corrected chi connectivity index (χ1v) is 5.13. The molecule has 0 radical (unpaired) electrons. The molecule has 0 aliphatic carbocycles. The van der Waals surface area contributed by atoms with Crippen LogP contribution in [0.25, 0.3) is 0 Å². The van der Waals surface area contributed by atoms with Crippen LogP contribution in [0.2, 0.25) is 0 Å². The van der Waals surface area contributed by atoms with Crippen molar-refractivity contribution in [2.75, 3.05) is 13.2 Å². The van der Waals surface area contributed by atoms with Gasteiger partial charge in [-0.15, -0.1) is 0 Å². The van der Waals surface area contributed by atoms with Gasteiger partial charge in [0.15, 0.2) is 5.76 Å². The Morgan fingerprint density at radius 1 is 1.50 bits per heavy atom. The molecule has 0 aromatic carbocycles. The summed E-state index contributed by atoms with van der Waals surface area (Å²) in [5, 5.41) is 2.58. The summed E-state index contributed by atoms with van der Waals surface area (Å²) < 4.78 is 9.73. The minimum absolute atomic E-state index is 0.166. The number of hydrogen-bond acceptors (Lipinski definition) is 4. The van der Waals surface area contributed by atoms with Gasteiger partial charge >= 0.3 is 5.97 Å². The molecule has 1 rings (SSSR count). The molecule has 0 bridgehead atoms. The lowest BCUT2D eigenvalue weighted by Crippen LogP contribution is -2.26. The maximum Gasteiger partial charge on any atom is 0.307 e. The third kappa shape index (κ3) is 3.42. The maximum atomic E-state index is 11.5. The summed E-state index contributed by atoms with van der Waals surface area (Å²) in [6, 6.07) is 1.71. The number of amides is 1. The van der Waals surface area contributed by atoms with Gasteiger partial charge in [0, 0.05) is 12.1 Å². The normalized spacial score (nSPS) is 9.88. The molecule has 0 spiro atoms. The summed E-state index contributed by atoms with van der Waals surface area (Å²) in [6.45, 7) is 4.12. The molecule has 0 aliphatic rings. The van der Waals surface area contributed by atoms with Crippen LogP contribution in [-0.2, 0) is 9.53 Å². The molecule has 0 fully saturated rings. The lowest BCUT2D eigenvalue weighted by atomic mass is 10.2. The first kappa shape index (κ1) is 12.3. The minimum atomic E-state index is -0.320. The molecular formula is C11H15NO4. The van der Waals surface area contributed by atoms with Crippen molar-refractivity contribution >= 4 is 11.9 Å². The van der Waals surface area contributed by atoms with Crippen molar-refractivity contribution in [1.29, 1.82) is 0 Å². The number of carbonyl (C=O) groups excluding carboxylic acids is 2. The number of nitrogens with one attached hydrogen (secondary N) is 1. The van der Waals surface area contributed by atoms with Gasteiger partial charge in [0.1, 0.15) is 0 Å². The van der Waals surface area contributed by atoms with Gasteiger partial charge in [-0.3, -0.25) is 9.59 Å². The Morgan fingerprint density at radius 2 is 2.25 bits per heavy atom. The van der Waals surface area contributed by atoms with Crippen LogP contribution in [0.15, 0.2) is 16.7 Å². The quantitative estimate of drug-likeness (QED) is 0.766. The number of furan rings is 1. The number of carbonyl (C=O) groups is 2. The van der Waals surface area contributed by atoms with E-state index in [1.165, 1.54) is 6.26 Å². The predicted octanol–water partition coefficient (Wildman–Crippen LogP) is 1.27. The van der Waals surface area contributed by atoms with Gasteiger partial charge in [-0.2, -0.15) is 0 Å². The Hall–Kier alpha value is -1.78. The summed E-state index contributed by atoms with van der Waals surface area (Å²) in [5.74, 6) is -0.352. The zero-order chi connectivity index (χ0) is 12.0. The van der Waals surface area contributed by atoms with Gasteiger partial charge < -0.3 is 14.5 Å². The highest BCUT2D eigenvalue weighted by atomic mass is 16.5. The second-order valence-corrected chi connectivity index (χ2v) is 3.24. The van der Waals surface area contributed by atoms with Crippen LogP contribution in [0, 0.1) is 6.92 Å². The van der Waals surface area contributed by atoms with Crippen LogP contribution >= 0.6 is 0 Å². The zero-order valence-corrected chi connectivity index (χ0v) is 9.41. The van der Waals surface area contributed by atoms with E-state index in [1.807, 2.05) is 0 Å². The fraction of sp³-hybridized carbons (Fsp3) is 0.455. The number of rotatable bonds is 5. The summed E-state index contributed by atoms with van der Waals surface area (Å²) in [6.07, 6.45) is 1.62. The maximum absolute atomic E-state index is 11.5. The predicted molar refractivity (Wildman–Crippen MR) is 57.0 cm³/mol. The Kier molecular flexibility index (Phi) is 4.57. The van der Waals surface area contributed by atoms with Crippen LogP contribution in [0.4, 0.5) is 0 Å². The van der Waals surface area contributed by atoms with Crippen LogP contribution in [-0.4, -0.2) is 25.0 Å². The van der Waals surface area contributed by atoms with Crippen molar-refractivity contribution in [1.82, 2.24) is 5.32 Å². The van der Waals surface area contributed by atoms with Crippen LogP contribution in [0.5, 0.6) is 0 Å².